The summed E-state index contributed by atoms with van der Waals surface area (Å²) in [5.74, 6) is 0. The zero-order valence-corrected chi connectivity index (χ0v) is 7.55. The van der Waals surface area contributed by atoms with Crippen molar-refractivity contribution in [1.82, 2.24) is 5.32 Å². The summed E-state index contributed by atoms with van der Waals surface area (Å²) in [4.78, 5) is 0. The molecule has 0 aliphatic heterocycles. The molecule has 1 radical (unpaired) electrons. The van der Waals surface area contributed by atoms with Crippen molar-refractivity contribution in [2.75, 3.05) is 26.4 Å². The Labute approximate surface area is 73.5 Å². The van der Waals surface area contributed by atoms with Crippen LogP contribution in [0.3, 0.4) is 0 Å². The van der Waals surface area contributed by atoms with Crippen LogP contribution in [0.1, 0.15) is 13.3 Å². The van der Waals surface area contributed by atoms with Gasteiger partial charge in [0.25, 0.3) is 0 Å². The zero-order chi connectivity index (χ0) is 9.45. The Balaban J connectivity index is 3.70. The minimum atomic E-state index is -0.675. The number of hydrogen-bond acceptors (Lipinski definition) is 4. The highest BCUT2D eigenvalue weighted by atomic mass is 16.5. The molecule has 0 heterocycles. The normalized spacial score (nSPS) is 16.0. The van der Waals surface area contributed by atoms with Crippen molar-refractivity contribution in [2.24, 2.45) is 0 Å². The molecule has 0 aliphatic carbocycles. The van der Waals surface area contributed by atoms with Crippen LogP contribution in [-0.4, -0.2) is 42.3 Å². The van der Waals surface area contributed by atoms with Crippen molar-refractivity contribution in [3.8, 4) is 0 Å². The Morgan fingerprint density at radius 1 is 1.42 bits per heavy atom. The fourth-order valence-electron chi connectivity index (χ4n) is 0.803. The van der Waals surface area contributed by atoms with Crippen LogP contribution in [-0.2, 0) is 4.74 Å². The third kappa shape index (κ3) is 4.66. The van der Waals surface area contributed by atoms with Crippen LogP contribution >= 0.6 is 0 Å². The van der Waals surface area contributed by atoms with Crippen molar-refractivity contribution in [3.63, 3.8) is 0 Å². The third-order valence-corrected chi connectivity index (χ3v) is 1.60. The van der Waals surface area contributed by atoms with Crippen LogP contribution in [0.15, 0.2) is 0 Å². The lowest BCUT2D eigenvalue weighted by Crippen LogP contribution is -2.46. The predicted octanol–water partition coefficient (Wildman–Crippen LogP) is -0.482. The topological polar surface area (TPSA) is 61.7 Å². The van der Waals surface area contributed by atoms with Gasteiger partial charge in [0, 0.05) is 6.54 Å². The average molecular weight is 176 g/mol. The fourth-order valence-corrected chi connectivity index (χ4v) is 0.803. The highest BCUT2D eigenvalue weighted by Gasteiger charge is 2.20. The molecule has 73 valence electrons. The second-order valence-electron chi connectivity index (χ2n) is 2.57. The SMILES string of the molecule is [CH2]C(CC)(NCCO)OCCO. The molecule has 0 spiro atoms. The summed E-state index contributed by atoms with van der Waals surface area (Å²) in [6.07, 6.45) is 0.688. The number of ether oxygens (including phenoxy) is 1. The lowest BCUT2D eigenvalue weighted by Gasteiger charge is -2.29. The maximum Gasteiger partial charge on any atom is 0.119 e. The number of hydrogen-bond donors (Lipinski definition) is 3. The molecule has 0 fully saturated rings. The second-order valence-corrected chi connectivity index (χ2v) is 2.57. The lowest BCUT2D eigenvalue weighted by atomic mass is 10.2. The number of nitrogens with one attached hydrogen (secondary N) is 1. The first-order valence-electron chi connectivity index (χ1n) is 4.14. The maximum atomic E-state index is 8.56. The van der Waals surface area contributed by atoms with E-state index in [1.807, 2.05) is 6.92 Å². The van der Waals surface area contributed by atoms with E-state index in [1.54, 1.807) is 0 Å². The highest BCUT2D eigenvalue weighted by molar-refractivity contribution is 4.78. The van der Waals surface area contributed by atoms with E-state index in [2.05, 4.69) is 12.2 Å². The van der Waals surface area contributed by atoms with E-state index in [4.69, 9.17) is 14.9 Å². The monoisotopic (exact) mass is 176 g/mol. The van der Waals surface area contributed by atoms with Gasteiger partial charge in [0.1, 0.15) is 5.72 Å². The molecule has 0 aromatic heterocycles. The van der Waals surface area contributed by atoms with E-state index in [-0.39, 0.29) is 19.8 Å². The Morgan fingerprint density at radius 2 is 2.08 bits per heavy atom. The fraction of sp³-hybridized carbons (Fsp3) is 0.875. The van der Waals surface area contributed by atoms with Gasteiger partial charge in [0.05, 0.1) is 19.8 Å². The minimum Gasteiger partial charge on any atom is -0.395 e. The van der Waals surface area contributed by atoms with Crippen LogP contribution in [0, 0.1) is 6.92 Å². The molecule has 0 aliphatic rings. The molecule has 0 saturated heterocycles. The molecular formula is C8H18NO3. The molecule has 1 unspecified atom stereocenters. The first-order chi connectivity index (χ1) is 5.68. The molecule has 1 atom stereocenters. The van der Waals surface area contributed by atoms with E-state index in [0.29, 0.717) is 13.0 Å². The van der Waals surface area contributed by atoms with Crippen molar-refractivity contribution in [2.45, 2.75) is 19.1 Å². The van der Waals surface area contributed by atoms with E-state index in [0.717, 1.165) is 0 Å². The van der Waals surface area contributed by atoms with Crippen LogP contribution in [0.25, 0.3) is 0 Å². The summed E-state index contributed by atoms with van der Waals surface area (Å²) >= 11 is 0. The van der Waals surface area contributed by atoms with Gasteiger partial charge >= 0.3 is 0 Å². The largest absolute Gasteiger partial charge is 0.395 e. The molecule has 0 amide bonds. The van der Waals surface area contributed by atoms with Gasteiger partial charge in [-0.1, -0.05) is 6.92 Å². The van der Waals surface area contributed by atoms with Gasteiger partial charge in [0.15, 0.2) is 0 Å². The lowest BCUT2D eigenvalue weighted by molar-refractivity contribution is -0.0533. The quantitative estimate of drug-likeness (QED) is 0.458. The van der Waals surface area contributed by atoms with Crippen molar-refractivity contribution < 1.29 is 14.9 Å². The van der Waals surface area contributed by atoms with Crippen molar-refractivity contribution in [1.29, 1.82) is 0 Å². The molecule has 0 aromatic rings. The first-order valence-corrected chi connectivity index (χ1v) is 4.14. The smallest absolute Gasteiger partial charge is 0.119 e. The summed E-state index contributed by atoms with van der Waals surface area (Å²) < 4.78 is 5.25. The van der Waals surface area contributed by atoms with Gasteiger partial charge in [-0.15, -0.1) is 0 Å². The molecule has 4 nitrogen and oxygen atoms in total. The predicted molar refractivity (Wildman–Crippen MR) is 46.5 cm³/mol. The Morgan fingerprint density at radius 3 is 2.50 bits per heavy atom. The van der Waals surface area contributed by atoms with Gasteiger partial charge in [-0.25, -0.2) is 0 Å². The zero-order valence-electron chi connectivity index (χ0n) is 7.55. The van der Waals surface area contributed by atoms with E-state index >= 15 is 0 Å². The Hall–Kier alpha value is -0.160. The van der Waals surface area contributed by atoms with Gasteiger partial charge in [-0.2, -0.15) is 0 Å². The van der Waals surface area contributed by atoms with Crippen molar-refractivity contribution in [3.05, 3.63) is 6.92 Å². The van der Waals surface area contributed by atoms with Crippen LogP contribution in [0.4, 0.5) is 0 Å². The standard InChI is InChI=1S/C8H18NO3/c1-3-8(2,9-4-5-10)12-7-6-11/h9-11H,2-7H2,1H3. The van der Waals surface area contributed by atoms with Crippen LogP contribution in [0.5, 0.6) is 0 Å². The molecule has 0 saturated carbocycles. The maximum absolute atomic E-state index is 8.56. The molecular weight excluding hydrogens is 158 g/mol. The Bertz CT molecular complexity index is 100. The van der Waals surface area contributed by atoms with Crippen LogP contribution < -0.4 is 5.32 Å². The first kappa shape index (κ1) is 11.8. The molecule has 4 heteroatoms. The molecule has 0 rings (SSSR count). The number of rotatable bonds is 7. The molecule has 0 bridgehead atoms. The van der Waals surface area contributed by atoms with Crippen molar-refractivity contribution >= 4 is 0 Å². The summed E-state index contributed by atoms with van der Waals surface area (Å²) in [5.41, 5.74) is -0.675. The highest BCUT2D eigenvalue weighted by Crippen LogP contribution is 2.09. The molecule has 12 heavy (non-hydrogen) atoms. The van der Waals surface area contributed by atoms with E-state index in [1.165, 1.54) is 0 Å². The van der Waals surface area contributed by atoms with Gasteiger partial charge in [0.2, 0.25) is 0 Å². The van der Waals surface area contributed by atoms with Gasteiger partial charge in [-0.05, 0) is 13.3 Å². The summed E-state index contributed by atoms with van der Waals surface area (Å²) in [6, 6.07) is 0. The van der Waals surface area contributed by atoms with E-state index in [9.17, 15) is 0 Å². The summed E-state index contributed by atoms with van der Waals surface area (Å²) in [7, 11) is 0. The average Bonchev–Trinajstić information content (AvgIpc) is 2.11. The molecule has 3 N–H and O–H groups in total. The second kappa shape index (κ2) is 6.37. The number of aliphatic hydroxyl groups is 2. The summed E-state index contributed by atoms with van der Waals surface area (Å²) in [5, 5.41) is 20.0. The van der Waals surface area contributed by atoms with Gasteiger partial charge < -0.3 is 14.9 Å². The van der Waals surface area contributed by atoms with E-state index < -0.39 is 5.72 Å². The van der Waals surface area contributed by atoms with Crippen LogP contribution in [0.2, 0.25) is 0 Å². The summed E-state index contributed by atoms with van der Waals surface area (Å²) in [6.45, 7) is 6.48. The number of aliphatic hydroxyl groups excluding tert-OH is 2. The minimum absolute atomic E-state index is 0.0158. The molecule has 0 aromatic carbocycles. The third-order valence-electron chi connectivity index (χ3n) is 1.60. The Kier molecular flexibility index (Phi) is 6.28. The van der Waals surface area contributed by atoms with Gasteiger partial charge in [-0.3, -0.25) is 5.32 Å².